The van der Waals surface area contributed by atoms with Crippen molar-refractivity contribution in [1.29, 1.82) is 0 Å². The third-order valence-corrected chi connectivity index (χ3v) is 7.55. The Morgan fingerprint density at radius 2 is 1.57 bits per heavy atom. The van der Waals surface area contributed by atoms with Crippen LogP contribution in [0, 0.1) is 0 Å². The molecule has 0 amide bonds. The maximum absolute atomic E-state index is 6.02. The van der Waals surface area contributed by atoms with Gasteiger partial charge < -0.3 is 4.90 Å². The van der Waals surface area contributed by atoms with Crippen LogP contribution in [0.5, 0.6) is 0 Å². The highest BCUT2D eigenvalue weighted by Gasteiger charge is 2.15. The molecular formula is C20H27ClNSi. The van der Waals surface area contributed by atoms with E-state index in [0.717, 1.165) is 18.1 Å². The second kappa shape index (κ2) is 9.92. The normalized spacial score (nSPS) is 11.3. The summed E-state index contributed by atoms with van der Waals surface area (Å²) in [4.78, 5) is 2.52. The first-order chi connectivity index (χ1) is 11.2. The molecule has 3 heteroatoms. The van der Waals surface area contributed by atoms with Gasteiger partial charge in [-0.2, -0.15) is 0 Å². The zero-order chi connectivity index (χ0) is 16.5. The predicted octanol–water partition coefficient (Wildman–Crippen LogP) is 4.56. The van der Waals surface area contributed by atoms with E-state index >= 15 is 0 Å². The first-order valence-corrected chi connectivity index (χ1v) is 10.9. The van der Waals surface area contributed by atoms with Gasteiger partial charge in [0, 0.05) is 5.02 Å². The van der Waals surface area contributed by atoms with Gasteiger partial charge in [0.25, 0.3) is 0 Å². The van der Waals surface area contributed by atoms with Crippen molar-refractivity contribution in [2.24, 2.45) is 0 Å². The summed E-state index contributed by atoms with van der Waals surface area (Å²) in [5.74, 6) is 0. The van der Waals surface area contributed by atoms with Crippen molar-refractivity contribution in [2.75, 3.05) is 19.6 Å². The van der Waals surface area contributed by atoms with Gasteiger partial charge in [-0.25, -0.2) is 0 Å². The first-order valence-electron chi connectivity index (χ1n) is 8.59. The van der Waals surface area contributed by atoms with Crippen molar-refractivity contribution in [2.45, 2.75) is 32.4 Å². The lowest BCUT2D eigenvalue weighted by atomic mass is 10.2. The molecule has 0 aliphatic carbocycles. The fraction of sp³-hybridized carbons (Fsp3) is 0.400. The second-order valence-electron chi connectivity index (χ2n) is 5.90. The van der Waals surface area contributed by atoms with E-state index in [1.807, 2.05) is 12.1 Å². The molecule has 2 aromatic rings. The van der Waals surface area contributed by atoms with Crippen molar-refractivity contribution in [3.63, 3.8) is 0 Å². The lowest BCUT2D eigenvalue weighted by Crippen LogP contribution is -2.34. The highest BCUT2D eigenvalue weighted by Crippen LogP contribution is 2.13. The molecule has 1 radical (unpaired) electrons. The van der Waals surface area contributed by atoms with Crippen LogP contribution in [0.4, 0.5) is 0 Å². The number of hydrogen-bond donors (Lipinski definition) is 0. The summed E-state index contributed by atoms with van der Waals surface area (Å²) in [6.45, 7) is 8.03. The molecule has 0 heterocycles. The van der Waals surface area contributed by atoms with Gasteiger partial charge in [0.05, 0.1) is 8.80 Å². The zero-order valence-corrected chi connectivity index (χ0v) is 16.0. The van der Waals surface area contributed by atoms with Crippen molar-refractivity contribution in [3.8, 4) is 0 Å². The maximum Gasteiger partial charge on any atom is 0.0902 e. The van der Waals surface area contributed by atoms with Gasteiger partial charge in [0.2, 0.25) is 0 Å². The van der Waals surface area contributed by atoms with Crippen LogP contribution in [-0.4, -0.2) is 33.3 Å². The molecule has 2 rings (SSSR count). The smallest absolute Gasteiger partial charge is 0.0902 e. The van der Waals surface area contributed by atoms with Crippen LogP contribution >= 0.6 is 11.6 Å². The number of hydrogen-bond acceptors (Lipinski definition) is 1. The lowest BCUT2D eigenvalue weighted by Gasteiger charge is -2.20. The van der Waals surface area contributed by atoms with Crippen molar-refractivity contribution in [1.82, 2.24) is 4.90 Å². The summed E-state index contributed by atoms with van der Waals surface area (Å²) in [7, 11) is -0.569. The molecule has 1 nitrogen and oxygen atoms in total. The van der Waals surface area contributed by atoms with Crippen LogP contribution in [0.2, 0.25) is 11.1 Å². The molecular weight excluding hydrogens is 318 g/mol. The van der Waals surface area contributed by atoms with E-state index in [0.29, 0.717) is 0 Å². The molecule has 0 bridgehead atoms. The fourth-order valence-electron chi connectivity index (χ4n) is 2.91. The Morgan fingerprint density at radius 1 is 0.913 bits per heavy atom. The lowest BCUT2D eigenvalue weighted by molar-refractivity contribution is 0.304. The van der Waals surface area contributed by atoms with E-state index in [-0.39, 0.29) is 0 Å². The van der Waals surface area contributed by atoms with E-state index < -0.39 is 8.80 Å². The van der Waals surface area contributed by atoms with Gasteiger partial charge >= 0.3 is 0 Å². The molecule has 0 N–H and O–H groups in total. The molecule has 0 aliphatic rings. The van der Waals surface area contributed by atoms with E-state index in [9.17, 15) is 0 Å². The van der Waals surface area contributed by atoms with Crippen molar-refractivity contribution in [3.05, 3.63) is 65.2 Å². The zero-order valence-electron chi connectivity index (χ0n) is 14.3. The molecule has 0 fully saturated rings. The Balaban J connectivity index is 2.02. The van der Waals surface area contributed by atoms with Gasteiger partial charge in [0.15, 0.2) is 0 Å². The SMILES string of the molecule is CCN(CC)CCC[Si](Cc1ccc(Cl)cc1)c1ccccc1. The van der Waals surface area contributed by atoms with E-state index in [4.69, 9.17) is 11.6 Å². The van der Waals surface area contributed by atoms with E-state index in [2.05, 4.69) is 61.2 Å². The Hall–Kier alpha value is -1.09. The topological polar surface area (TPSA) is 3.24 Å². The molecule has 0 unspecified atom stereocenters. The number of rotatable bonds is 9. The third kappa shape index (κ3) is 6.13. The Kier molecular flexibility index (Phi) is 7.87. The standard InChI is InChI=1S/C20H27ClNSi/c1-3-22(4-2)15-8-16-23(20-9-6-5-7-10-20)17-18-11-13-19(21)14-12-18/h5-7,9-14H,3-4,8,15-17H2,1-2H3. The highest BCUT2D eigenvalue weighted by molar-refractivity contribution is 6.72. The Morgan fingerprint density at radius 3 is 2.17 bits per heavy atom. The van der Waals surface area contributed by atoms with Crippen LogP contribution in [-0.2, 0) is 6.04 Å². The van der Waals surface area contributed by atoms with Crippen LogP contribution < -0.4 is 5.19 Å². The van der Waals surface area contributed by atoms with Crippen LogP contribution in [0.3, 0.4) is 0 Å². The number of halogens is 1. The quantitative estimate of drug-likeness (QED) is 0.603. The van der Waals surface area contributed by atoms with Crippen LogP contribution in [0.25, 0.3) is 0 Å². The number of nitrogens with zero attached hydrogens (tertiary/aromatic N) is 1. The minimum Gasteiger partial charge on any atom is -0.304 e. The Bertz CT molecular complexity index is 552. The summed E-state index contributed by atoms with van der Waals surface area (Å²) in [6, 6.07) is 22.0. The predicted molar refractivity (Wildman–Crippen MR) is 104 cm³/mol. The average Bonchev–Trinajstić information content (AvgIpc) is 2.60. The highest BCUT2D eigenvalue weighted by atomic mass is 35.5. The molecule has 2 aromatic carbocycles. The summed E-state index contributed by atoms with van der Waals surface area (Å²) >= 11 is 6.02. The molecule has 0 saturated heterocycles. The molecule has 0 aliphatic heterocycles. The minimum atomic E-state index is -0.569. The largest absolute Gasteiger partial charge is 0.304 e. The van der Waals surface area contributed by atoms with Crippen molar-refractivity contribution >= 4 is 25.6 Å². The molecule has 23 heavy (non-hydrogen) atoms. The maximum atomic E-state index is 6.02. The summed E-state index contributed by atoms with van der Waals surface area (Å²) < 4.78 is 0. The Labute approximate surface area is 147 Å². The van der Waals surface area contributed by atoms with Gasteiger partial charge in [-0.1, -0.05) is 84.7 Å². The molecule has 123 valence electrons. The average molecular weight is 345 g/mol. The van der Waals surface area contributed by atoms with E-state index in [1.165, 1.54) is 30.6 Å². The van der Waals surface area contributed by atoms with Crippen LogP contribution in [0.1, 0.15) is 25.8 Å². The molecule has 0 spiro atoms. The molecule has 0 atom stereocenters. The molecule has 0 saturated carbocycles. The first kappa shape index (κ1) is 18.2. The van der Waals surface area contributed by atoms with Gasteiger partial charge in [0.1, 0.15) is 0 Å². The third-order valence-electron chi connectivity index (χ3n) is 4.36. The minimum absolute atomic E-state index is 0.569. The van der Waals surface area contributed by atoms with Gasteiger partial charge in [-0.15, -0.1) is 0 Å². The number of benzene rings is 2. The van der Waals surface area contributed by atoms with Gasteiger partial charge in [-0.3, -0.25) is 0 Å². The van der Waals surface area contributed by atoms with Crippen LogP contribution in [0.15, 0.2) is 54.6 Å². The van der Waals surface area contributed by atoms with Gasteiger partial charge in [-0.05, 0) is 44.2 Å². The monoisotopic (exact) mass is 344 g/mol. The summed E-state index contributed by atoms with van der Waals surface area (Å²) in [5.41, 5.74) is 1.41. The second-order valence-corrected chi connectivity index (χ2v) is 8.98. The molecule has 0 aromatic heterocycles. The van der Waals surface area contributed by atoms with E-state index in [1.54, 1.807) is 5.19 Å². The summed E-state index contributed by atoms with van der Waals surface area (Å²) in [5, 5.41) is 2.37. The fourth-order valence-corrected chi connectivity index (χ4v) is 5.69. The summed E-state index contributed by atoms with van der Waals surface area (Å²) in [6.07, 6.45) is 1.29. The van der Waals surface area contributed by atoms with Crippen molar-refractivity contribution < 1.29 is 0 Å².